The van der Waals surface area contributed by atoms with Crippen LogP contribution < -0.4 is 5.32 Å². The summed E-state index contributed by atoms with van der Waals surface area (Å²) in [5, 5.41) is 54.7. The predicted molar refractivity (Wildman–Crippen MR) is 323 cm³/mol. The quantitative estimate of drug-likeness (QED) is 0.0261. The molecule has 0 spiro atoms. The Balaban J connectivity index is 2.13. The molecule has 7 atom stereocenters. The lowest BCUT2D eigenvalue weighted by Crippen LogP contribution is -2.60. The van der Waals surface area contributed by atoms with Crippen LogP contribution in [0.15, 0.2) is 12.2 Å². The fourth-order valence-corrected chi connectivity index (χ4v) is 11.3. The number of nitrogens with one attached hydrogen (secondary N) is 1. The Morgan fingerprint density at radius 1 is 0.434 bits per heavy atom. The van der Waals surface area contributed by atoms with E-state index in [1.165, 1.54) is 295 Å². The van der Waals surface area contributed by atoms with Crippen molar-refractivity contribution in [2.45, 2.75) is 397 Å². The summed E-state index contributed by atoms with van der Waals surface area (Å²) in [4.78, 5) is 13.1. The van der Waals surface area contributed by atoms with Crippen molar-refractivity contribution in [1.29, 1.82) is 0 Å². The number of carbonyl (C=O) groups excluding carboxylic acids is 1. The molecule has 1 aliphatic rings. The largest absolute Gasteiger partial charge is 0.394 e. The highest BCUT2D eigenvalue weighted by Crippen LogP contribution is 2.23. The normalized spacial score (nSPS) is 18.8. The second-order valence-electron chi connectivity index (χ2n) is 24.0. The molecule has 9 heteroatoms. The first-order valence-electron chi connectivity index (χ1n) is 33.9. The molecular formula is C67H131NO8. The van der Waals surface area contributed by atoms with Crippen LogP contribution in [-0.4, -0.2) is 87.5 Å². The van der Waals surface area contributed by atoms with Crippen molar-refractivity contribution < 1.29 is 39.8 Å². The number of rotatable bonds is 60. The molecule has 76 heavy (non-hydrogen) atoms. The zero-order chi connectivity index (χ0) is 55.0. The van der Waals surface area contributed by atoms with Gasteiger partial charge in [-0.25, -0.2) is 0 Å². The number of aliphatic hydroxyl groups is 5. The van der Waals surface area contributed by atoms with E-state index in [0.29, 0.717) is 6.42 Å². The fourth-order valence-electron chi connectivity index (χ4n) is 11.3. The third-order valence-electron chi connectivity index (χ3n) is 16.6. The second kappa shape index (κ2) is 57.2. The zero-order valence-electron chi connectivity index (χ0n) is 50.5. The highest BCUT2D eigenvalue weighted by molar-refractivity contribution is 5.76. The van der Waals surface area contributed by atoms with Gasteiger partial charge in [0, 0.05) is 6.42 Å². The first kappa shape index (κ1) is 72.9. The van der Waals surface area contributed by atoms with Gasteiger partial charge in [0.15, 0.2) is 6.29 Å². The van der Waals surface area contributed by atoms with E-state index in [4.69, 9.17) is 9.47 Å². The monoisotopic (exact) mass is 1080 g/mol. The maximum Gasteiger partial charge on any atom is 0.220 e. The molecule has 1 heterocycles. The molecule has 0 aromatic rings. The van der Waals surface area contributed by atoms with Crippen LogP contribution in [0.25, 0.3) is 0 Å². The maximum absolute atomic E-state index is 13.1. The van der Waals surface area contributed by atoms with Crippen LogP contribution in [0, 0.1) is 0 Å². The summed E-state index contributed by atoms with van der Waals surface area (Å²) in [6, 6.07) is -0.802. The van der Waals surface area contributed by atoms with Gasteiger partial charge in [0.2, 0.25) is 5.91 Å². The van der Waals surface area contributed by atoms with E-state index in [0.717, 1.165) is 38.5 Å². The average molecular weight is 1080 g/mol. The molecule has 0 aromatic carbocycles. The van der Waals surface area contributed by atoms with E-state index in [1.54, 1.807) is 6.08 Å². The number of hydrogen-bond acceptors (Lipinski definition) is 8. The molecule has 0 bridgehead atoms. The Bertz CT molecular complexity index is 1200. The molecule has 7 unspecified atom stereocenters. The minimum atomic E-state index is -1.56. The molecular weight excluding hydrogens is 947 g/mol. The fraction of sp³-hybridized carbons (Fsp3) is 0.955. The smallest absolute Gasteiger partial charge is 0.220 e. The standard InChI is InChI=1S/C67H131NO8/c1-3-5-7-9-11-13-15-17-19-21-23-25-27-28-29-30-31-32-33-35-36-38-40-42-44-46-48-50-52-54-56-61(70)60(59-75-67-66(74)65(73)64(72)62(58-69)76-67)68-63(71)57-55-53-51-49-47-45-43-41-39-37-34-26-24-22-20-18-16-14-12-10-8-6-4-2/h54,56,60-62,64-67,69-70,72-74H,3-53,55,57-59H2,1-2H3,(H,68,71)/b56-54+. The molecule has 1 fully saturated rings. The molecule has 6 N–H and O–H groups in total. The van der Waals surface area contributed by atoms with Gasteiger partial charge in [-0.3, -0.25) is 4.79 Å². The first-order valence-corrected chi connectivity index (χ1v) is 33.9. The number of unbranched alkanes of at least 4 members (excludes halogenated alkanes) is 50. The molecule has 0 aliphatic carbocycles. The lowest BCUT2D eigenvalue weighted by Gasteiger charge is -2.40. The lowest BCUT2D eigenvalue weighted by atomic mass is 9.99. The lowest BCUT2D eigenvalue weighted by molar-refractivity contribution is -0.302. The summed E-state index contributed by atoms with van der Waals surface area (Å²) in [5.41, 5.74) is 0. The Morgan fingerprint density at radius 2 is 0.724 bits per heavy atom. The van der Waals surface area contributed by atoms with E-state index >= 15 is 0 Å². The number of aliphatic hydroxyl groups excluding tert-OH is 5. The summed E-state index contributed by atoms with van der Waals surface area (Å²) in [6.45, 7) is 3.84. The SMILES string of the molecule is CCCCCCCCCCCCCCCCCCCCCCCCCCCCCC/C=C/C(O)C(COC1OC(CO)C(O)C(O)C1O)NC(=O)CCCCCCCCCCCCCCCCCCCCCCCCC. The maximum atomic E-state index is 13.1. The van der Waals surface area contributed by atoms with Gasteiger partial charge >= 0.3 is 0 Å². The van der Waals surface area contributed by atoms with Crippen molar-refractivity contribution in [2.24, 2.45) is 0 Å². The van der Waals surface area contributed by atoms with Crippen LogP contribution in [-0.2, 0) is 14.3 Å². The van der Waals surface area contributed by atoms with E-state index in [2.05, 4.69) is 19.2 Å². The summed E-state index contributed by atoms with van der Waals surface area (Å²) >= 11 is 0. The van der Waals surface area contributed by atoms with Crippen molar-refractivity contribution in [1.82, 2.24) is 5.32 Å². The van der Waals surface area contributed by atoms with Crippen molar-refractivity contribution in [2.75, 3.05) is 13.2 Å². The van der Waals surface area contributed by atoms with E-state index < -0.39 is 49.5 Å². The van der Waals surface area contributed by atoms with Crippen molar-refractivity contribution in [3.63, 3.8) is 0 Å². The van der Waals surface area contributed by atoms with Gasteiger partial charge in [-0.05, 0) is 19.3 Å². The Hall–Kier alpha value is -1.07. The van der Waals surface area contributed by atoms with Gasteiger partial charge in [0.1, 0.15) is 24.4 Å². The molecule has 9 nitrogen and oxygen atoms in total. The van der Waals surface area contributed by atoms with Crippen LogP contribution in [0.3, 0.4) is 0 Å². The van der Waals surface area contributed by atoms with Gasteiger partial charge in [0.05, 0.1) is 25.4 Å². The first-order chi connectivity index (χ1) is 37.3. The second-order valence-corrected chi connectivity index (χ2v) is 24.0. The average Bonchev–Trinajstić information content (AvgIpc) is 3.42. The summed E-state index contributed by atoms with van der Waals surface area (Å²) in [6.07, 6.45) is 66.0. The van der Waals surface area contributed by atoms with Gasteiger partial charge in [-0.1, -0.05) is 341 Å². The number of amides is 1. The van der Waals surface area contributed by atoms with Crippen LogP contribution in [0.1, 0.15) is 354 Å². The van der Waals surface area contributed by atoms with Crippen LogP contribution in [0.4, 0.5) is 0 Å². The Labute approximate surface area is 471 Å². The molecule has 452 valence electrons. The van der Waals surface area contributed by atoms with Gasteiger partial charge in [0.25, 0.3) is 0 Å². The minimum Gasteiger partial charge on any atom is -0.394 e. The Morgan fingerprint density at radius 3 is 1.03 bits per heavy atom. The van der Waals surface area contributed by atoms with Crippen molar-refractivity contribution in [3.8, 4) is 0 Å². The summed E-state index contributed by atoms with van der Waals surface area (Å²) in [7, 11) is 0. The third-order valence-corrected chi connectivity index (χ3v) is 16.6. The number of allylic oxidation sites excluding steroid dienone is 1. The molecule has 1 amide bonds. The van der Waals surface area contributed by atoms with Gasteiger partial charge in [-0.15, -0.1) is 0 Å². The molecule has 0 radical (unpaired) electrons. The van der Waals surface area contributed by atoms with Crippen LogP contribution in [0.2, 0.25) is 0 Å². The molecule has 0 aromatic heterocycles. The highest BCUT2D eigenvalue weighted by Gasteiger charge is 2.44. The number of ether oxygens (including phenoxy) is 2. The van der Waals surface area contributed by atoms with Gasteiger partial charge < -0.3 is 40.3 Å². The van der Waals surface area contributed by atoms with Crippen LogP contribution >= 0.6 is 0 Å². The third kappa shape index (κ3) is 45.6. The van der Waals surface area contributed by atoms with E-state index in [-0.39, 0.29) is 12.5 Å². The predicted octanol–water partition coefficient (Wildman–Crippen LogP) is 17.9. The van der Waals surface area contributed by atoms with Gasteiger partial charge in [-0.2, -0.15) is 0 Å². The molecule has 1 aliphatic heterocycles. The molecule has 0 saturated carbocycles. The van der Waals surface area contributed by atoms with Crippen molar-refractivity contribution in [3.05, 3.63) is 12.2 Å². The van der Waals surface area contributed by atoms with E-state index in [1.807, 2.05) is 6.08 Å². The summed E-state index contributed by atoms with van der Waals surface area (Å²) < 4.78 is 11.3. The number of carbonyl (C=O) groups is 1. The van der Waals surface area contributed by atoms with Crippen LogP contribution in [0.5, 0.6) is 0 Å². The topological polar surface area (TPSA) is 149 Å². The van der Waals surface area contributed by atoms with Crippen molar-refractivity contribution >= 4 is 5.91 Å². The zero-order valence-corrected chi connectivity index (χ0v) is 50.5. The molecule has 1 rings (SSSR count). The number of hydrogen-bond donors (Lipinski definition) is 6. The Kier molecular flexibility index (Phi) is 54.9. The summed E-state index contributed by atoms with van der Waals surface area (Å²) in [5.74, 6) is -0.168. The minimum absolute atomic E-state index is 0.168. The molecule has 1 saturated heterocycles. The van der Waals surface area contributed by atoms with E-state index in [9.17, 15) is 30.3 Å². The highest BCUT2D eigenvalue weighted by atomic mass is 16.7.